The third-order valence-corrected chi connectivity index (χ3v) is 2.68. The Kier molecular flexibility index (Phi) is 4.12. The Morgan fingerprint density at radius 3 is 2.73 bits per heavy atom. The van der Waals surface area contributed by atoms with Crippen LogP contribution < -0.4 is 4.74 Å². The molecule has 0 heterocycles. The number of aliphatic hydroxyl groups excluding tert-OH is 1. The monoisotopic (exact) mass is 228 g/mol. The molecule has 0 amide bonds. The fourth-order valence-electron chi connectivity index (χ4n) is 1.40. The van der Waals surface area contributed by atoms with Crippen molar-refractivity contribution in [2.45, 2.75) is 18.9 Å². The van der Waals surface area contributed by atoms with E-state index < -0.39 is 5.38 Å². The lowest BCUT2D eigenvalue weighted by Crippen LogP contribution is -2.07. The molecule has 0 fully saturated rings. The van der Waals surface area contributed by atoms with E-state index in [1.165, 1.54) is 14.0 Å². The summed E-state index contributed by atoms with van der Waals surface area (Å²) in [6, 6.07) is 5.18. The average Bonchev–Trinajstić information content (AvgIpc) is 2.26. The molecule has 0 radical (unpaired) electrons. The first-order chi connectivity index (χ1) is 7.11. The summed E-state index contributed by atoms with van der Waals surface area (Å²) in [4.78, 5) is 11.2. The molecule has 1 N–H and O–H groups in total. The number of halogens is 1. The molecule has 0 aliphatic heterocycles. The van der Waals surface area contributed by atoms with Crippen LogP contribution >= 0.6 is 11.6 Å². The number of methoxy groups -OCH3 is 1. The van der Waals surface area contributed by atoms with Gasteiger partial charge in [-0.15, -0.1) is 11.6 Å². The van der Waals surface area contributed by atoms with Gasteiger partial charge in [-0.25, -0.2) is 0 Å². The lowest BCUT2D eigenvalue weighted by molar-refractivity contribution is -0.116. The maximum absolute atomic E-state index is 11.2. The normalized spacial score (nSPS) is 12.3. The first-order valence-corrected chi connectivity index (χ1v) is 4.96. The molecule has 1 aromatic rings. The highest BCUT2D eigenvalue weighted by Gasteiger charge is 2.20. The number of benzene rings is 1. The van der Waals surface area contributed by atoms with E-state index in [2.05, 4.69) is 0 Å². The highest BCUT2D eigenvalue weighted by Crippen LogP contribution is 2.33. The van der Waals surface area contributed by atoms with Gasteiger partial charge in [-0.05, 0) is 18.6 Å². The molecule has 0 spiro atoms. The second-order valence-corrected chi connectivity index (χ2v) is 3.60. The van der Waals surface area contributed by atoms with Crippen LogP contribution in [-0.4, -0.2) is 18.0 Å². The van der Waals surface area contributed by atoms with Gasteiger partial charge in [0.05, 0.1) is 13.7 Å². The topological polar surface area (TPSA) is 46.5 Å². The van der Waals surface area contributed by atoms with Gasteiger partial charge in [0.15, 0.2) is 5.78 Å². The molecule has 0 aliphatic carbocycles. The molecular weight excluding hydrogens is 216 g/mol. The van der Waals surface area contributed by atoms with Gasteiger partial charge in [0, 0.05) is 5.56 Å². The number of aliphatic hydroxyl groups is 1. The molecule has 82 valence electrons. The van der Waals surface area contributed by atoms with Crippen molar-refractivity contribution < 1.29 is 14.6 Å². The maximum atomic E-state index is 11.2. The zero-order valence-corrected chi connectivity index (χ0v) is 9.41. The fourth-order valence-corrected chi connectivity index (χ4v) is 1.64. The van der Waals surface area contributed by atoms with Gasteiger partial charge in [-0.2, -0.15) is 0 Å². The second kappa shape index (κ2) is 5.14. The minimum atomic E-state index is -0.775. The predicted molar refractivity (Wildman–Crippen MR) is 58.2 cm³/mol. The number of carbonyl (C=O) groups excluding carboxylic acids is 1. The smallest absolute Gasteiger partial charge is 0.152 e. The third kappa shape index (κ3) is 2.49. The van der Waals surface area contributed by atoms with Crippen LogP contribution in [-0.2, 0) is 11.4 Å². The highest BCUT2D eigenvalue weighted by atomic mass is 35.5. The van der Waals surface area contributed by atoms with Crippen LogP contribution in [0.5, 0.6) is 5.75 Å². The first kappa shape index (κ1) is 12.0. The minimum Gasteiger partial charge on any atom is -0.496 e. The number of carbonyl (C=O) groups is 1. The molecule has 0 saturated heterocycles. The van der Waals surface area contributed by atoms with Gasteiger partial charge in [0.1, 0.15) is 11.1 Å². The zero-order valence-electron chi connectivity index (χ0n) is 8.66. The van der Waals surface area contributed by atoms with Crippen LogP contribution in [0.4, 0.5) is 0 Å². The molecule has 0 aromatic heterocycles. The van der Waals surface area contributed by atoms with Gasteiger partial charge < -0.3 is 9.84 Å². The molecule has 1 aromatic carbocycles. The van der Waals surface area contributed by atoms with E-state index in [1.807, 2.05) is 0 Å². The number of ketones is 1. The van der Waals surface area contributed by atoms with Crippen LogP contribution in [0, 0.1) is 0 Å². The van der Waals surface area contributed by atoms with E-state index in [4.69, 9.17) is 21.4 Å². The van der Waals surface area contributed by atoms with Crippen molar-refractivity contribution in [2.75, 3.05) is 7.11 Å². The Bertz CT molecular complexity index is 341. The summed E-state index contributed by atoms with van der Waals surface area (Å²) < 4.78 is 5.11. The molecule has 0 aliphatic rings. The summed E-state index contributed by atoms with van der Waals surface area (Å²) in [5.41, 5.74) is 1.17. The van der Waals surface area contributed by atoms with Gasteiger partial charge in [-0.1, -0.05) is 12.1 Å². The van der Waals surface area contributed by atoms with Crippen LogP contribution in [0.15, 0.2) is 18.2 Å². The fraction of sp³-hybridized carbons (Fsp3) is 0.364. The largest absolute Gasteiger partial charge is 0.496 e. The van der Waals surface area contributed by atoms with E-state index in [-0.39, 0.29) is 12.4 Å². The quantitative estimate of drug-likeness (QED) is 0.803. The van der Waals surface area contributed by atoms with E-state index in [0.717, 1.165) is 0 Å². The molecule has 15 heavy (non-hydrogen) atoms. The minimum absolute atomic E-state index is 0.164. The molecule has 3 nitrogen and oxygen atoms in total. The summed E-state index contributed by atoms with van der Waals surface area (Å²) in [5.74, 6) is 0.354. The number of alkyl halides is 1. The van der Waals surface area contributed by atoms with E-state index in [9.17, 15) is 4.79 Å². The lowest BCUT2D eigenvalue weighted by Gasteiger charge is -2.15. The number of Topliss-reactive ketones (excluding diaryl/α,β-unsaturated/α-hetero) is 1. The maximum Gasteiger partial charge on any atom is 0.152 e. The van der Waals surface area contributed by atoms with Crippen molar-refractivity contribution in [2.24, 2.45) is 0 Å². The molecule has 1 rings (SSSR count). The molecular formula is C11H13ClO3. The Hall–Kier alpha value is -1.06. The number of hydrogen-bond donors (Lipinski definition) is 1. The van der Waals surface area contributed by atoms with Crippen LogP contribution in [0.3, 0.4) is 0 Å². The lowest BCUT2D eigenvalue weighted by atomic mass is 10.0. The summed E-state index contributed by atoms with van der Waals surface area (Å²) in [6.07, 6.45) is 0. The summed E-state index contributed by atoms with van der Waals surface area (Å²) in [6.45, 7) is 1.24. The standard InChI is InChI=1S/C11H13ClO3/c1-7(14)11(12)10-8(6-13)4-3-5-9(10)15-2/h3-5,11,13H,6H2,1-2H3. The molecule has 0 saturated carbocycles. The van der Waals surface area contributed by atoms with Crippen molar-refractivity contribution in [1.82, 2.24) is 0 Å². The SMILES string of the molecule is COc1cccc(CO)c1C(Cl)C(C)=O. The molecule has 1 unspecified atom stereocenters. The Balaban J connectivity index is 3.27. The van der Waals surface area contributed by atoms with Gasteiger partial charge in [-0.3, -0.25) is 4.79 Å². The summed E-state index contributed by atoms with van der Waals surface area (Å²) in [5, 5.41) is 8.37. The van der Waals surface area contributed by atoms with E-state index in [0.29, 0.717) is 16.9 Å². The average molecular weight is 229 g/mol. The molecule has 1 atom stereocenters. The van der Waals surface area contributed by atoms with Gasteiger partial charge in [0.2, 0.25) is 0 Å². The number of rotatable bonds is 4. The Labute approximate surface area is 93.6 Å². The van der Waals surface area contributed by atoms with Crippen LogP contribution in [0.2, 0.25) is 0 Å². The highest BCUT2D eigenvalue weighted by molar-refractivity contribution is 6.31. The van der Waals surface area contributed by atoms with Crippen molar-refractivity contribution in [3.8, 4) is 5.75 Å². The molecule has 4 heteroatoms. The van der Waals surface area contributed by atoms with Crippen LogP contribution in [0.1, 0.15) is 23.4 Å². The third-order valence-electron chi connectivity index (χ3n) is 2.16. The van der Waals surface area contributed by atoms with Gasteiger partial charge >= 0.3 is 0 Å². The van der Waals surface area contributed by atoms with Crippen molar-refractivity contribution >= 4 is 17.4 Å². The first-order valence-electron chi connectivity index (χ1n) is 4.53. The number of hydrogen-bond acceptors (Lipinski definition) is 3. The van der Waals surface area contributed by atoms with Crippen molar-refractivity contribution in [3.63, 3.8) is 0 Å². The predicted octanol–water partition coefficient (Wildman–Crippen LogP) is 2.06. The Morgan fingerprint density at radius 2 is 2.27 bits per heavy atom. The van der Waals surface area contributed by atoms with Crippen LogP contribution in [0.25, 0.3) is 0 Å². The van der Waals surface area contributed by atoms with E-state index in [1.54, 1.807) is 18.2 Å². The second-order valence-electron chi connectivity index (χ2n) is 3.16. The van der Waals surface area contributed by atoms with Crippen molar-refractivity contribution in [1.29, 1.82) is 0 Å². The molecule has 0 bridgehead atoms. The Morgan fingerprint density at radius 1 is 1.60 bits per heavy atom. The summed E-state index contributed by atoms with van der Waals surface area (Å²) >= 11 is 5.97. The van der Waals surface area contributed by atoms with Gasteiger partial charge in [0.25, 0.3) is 0 Å². The van der Waals surface area contributed by atoms with E-state index >= 15 is 0 Å². The zero-order chi connectivity index (χ0) is 11.4. The summed E-state index contributed by atoms with van der Waals surface area (Å²) in [7, 11) is 1.50. The number of ether oxygens (including phenoxy) is 1. The van der Waals surface area contributed by atoms with Crippen molar-refractivity contribution in [3.05, 3.63) is 29.3 Å².